The lowest BCUT2D eigenvalue weighted by Gasteiger charge is -2.40. The summed E-state index contributed by atoms with van der Waals surface area (Å²) in [6.07, 6.45) is 87.9. The van der Waals surface area contributed by atoms with Crippen LogP contribution in [0.4, 0.5) is 0 Å². The lowest BCUT2D eigenvalue weighted by Crippen LogP contribution is -2.60. The van der Waals surface area contributed by atoms with Gasteiger partial charge in [0.15, 0.2) is 6.29 Å². The summed E-state index contributed by atoms with van der Waals surface area (Å²) in [5.74, 6) is -0.134. The lowest BCUT2D eigenvalue weighted by atomic mass is 9.99. The van der Waals surface area contributed by atoms with Gasteiger partial charge in [-0.2, -0.15) is 0 Å². The number of aliphatic hydroxyl groups excluding tert-OH is 5. The minimum atomic E-state index is -1.55. The van der Waals surface area contributed by atoms with Gasteiger partial charge in [-0.05, 0) is 51.4 Å². The summed E-state index contributed by atoms with van der Waals surface area (Å²) in [4.78, 5) is 13.2. The van der Waals surface area contributed by atoms with Gasteiger partial charge < -0.3 is 40.3 Å². The second kappa shape index (κ2) is 69.0. The van der Waals surface area contributed by atoms with E-state index in [0.717, 1.165) is 64.2 Å². The summed E-state index contributed by atoms with van der Waals surface area (Å²) in [7, 11) is 0. The van der Waals surface area contributed by atoms with E-state index in [0.29, 0.717) is 12.8 Å². The maximum absolute atomic E-state index is 13.2. The van der Waals surface area contributed by atoms with Crippen LogP contribution in [0.3, 0.4) is 0 Å². The van der Waals surface area contributed by atoms with Gasteiger partial charge in [-0.1, -0.05) is 390 Å². The van der Waals surface area contributed by atoms with Gasteiger partial charge in [0.2, 0.25) is 5.91 Å². The maximum atomic E-state index is 13.2. The van der Waals surface area contributed by atoms with Crippen LogP contribution in [0.2, 0.25) is 0 Å². The quantitative estimate of drug-likeness (QED) is 0.0261. The first-order chi connectivity index (χ1) is 43.8. The molecular weight excluding hydrogens is 1100 g/mol. The van der Waals surface area contributed by atoms with E-state index in [1.807, 2.05) is 0 Å². The van der Waals surface area contributed by atoms with E-state index < -0.39 is 49.5 Å². The molecule has 6 N–H and O–H groups in total. The summed E-state index contributed by atoms with van der Waals surface area (Å²) in [6, 6.07) is -0.719. The second-order valence-corrected chi connectivity index (χ2v) is 27.5. The van der Waals surface area contributed by atoms with Crippen LogP contribution in [0, 0.1) is 0 Å². The number of aliphatic hydroxyl groups is 5. The second-order valence-electron chi connectivity index (χ2n) is 27.5. The van der Waals surface area contributed by atoms with Crippen molar-refractivity contribution in [3.63, 3.8) is 0 Å². The Morgan fingerprint density at radius 1 is 0.393 bits per heavy atom. The minimum absolute atomic E-state index is 0.133. The Labute approximate surface area is 552 Å². The largest absolute Gasteiger partial charge is 0.394 e. The number of hydrogen-bond donors (Lipinski definition) is 6. The van der Waals surface area contributed by atoms with Crippen molar-refractivity contribution in [1.82, 2.24) is 5.32 Å². The van der Waals surface area contributed by atoms with E-state index in [2.05, 4.69) is 67.8 Å². The number of ether oxygens (including phenoxy) is 2. The summed E-state index contributed by atoms with van der Waals surface area (Å²) in [6.45, 7) is 3.79. The average molecular weight is 1260 g/mol. The number of nitrogens with one attached hydrogen (secondary N) is 1. The van der Waals surface area contributed by atoms with Crippen LogP contribution in [-0.4, -0.2) is 87.5 Å². The zero-order valence-corrected chi connectivity index (χ0v) is 59.0. The fourth-order valence-electron chi connectivity index (χ4n) is 12.9. The van der Waals surface area contributed by atoms with Crippen molar-refractivity contribution in [2.45, 2.75) is 442 Å². The molecule has 1 aliphatic rings. The molecule has 1 heterocycles. The molecule has 1 rings (SSSR count). The van der Waals surface area contributed by atoms with E-state index in [1.54, 1.807) is 0 Å². The summed E-state index contributed by atoms with van der Waals surface area (Å²) in [5, 5.41) is 55.1. The summed E-state index contributed by atoms with van der Waals surface area (Å²) < 4.78 is 11.4. The molecule has 1 aliphatic heterocycles. The van der Waals surface area contributed by atoms with Crippen molar-refractivity contribution in [1.29, 1.82) is 0 Å². The molecule has 0 aromatic heterocycles. The molecule has 0 radical (unpaired) electrons. The van der Waals surface area contributed by atoms with E-state index in [9.17, 15) is 30.3 Å². The molecule has 9 heteroatoms. The molecule has 0 spiro atoms. The first-order valence-corrected chi connectivity index (χ1v) is 39.3. The maximum Gasteiger partial charge on any atom is 0.220 e. The van der Waals surface area contributed by atoms with Crippen LogP contribution in [0.15, 0.2) is 48.6 Å². The van der Waals surface area contributed by atoms with Crippen LogP contribution >= 0.6 is 0 Å². The SMILES string of the molecule is CC/C=C\C/C=C\C/C=C\C/C=C\CCCCCCCCCCCCCCCCCCCCCCCCCCCCCCC(=O)NC(COC1OC(CO)C(O)C(O)C1O)C(O)CCCCCCCCCCCCCCCCCCCCCCCCCCC. The number of carbonyl (C=O) groups excluding carboxylic acids is 1. The molecule has 1 saturated heterocycles. The topological polar surface area (TPSA) is 149 Å². The predicted octanol–water partition coefficient (Wildman–Crippen LogP) is 22.3. The van der Waals surface area contributed by atoms with Gasteiger partial charge in [0.1, 0.15) is 24.4 Å². The van der Waals surface area contributed by atoms with E-state index in [4.69, 9.17) is 9.47 Å². The minimum Gasteiger partial charge on any atom is -0.394 e. The fourth-order valence-corrected chi connectivity index (χ4v) is 12.9. The van der Waals surface area contributed by atoms with Gasteiger partial charge in [-0.3, -0.25) is 4.79 Å². The molecule has 9 nitrogen and oxygen atoms in total. The molecule has 1 amide bonds. The Bertz CT molecular complexity index is 1550. The Balaban J connectivity index is 2.02. The molecule has 7 atom stereocenters. The summed E-state index contributed by atoms with van der Waals surface area (Å²) in [5.41, 5.74) is 0. The van der Waals surface area contributed by atoms with Crippen molar-refractivity contribution in [3.05, 3.63) is 48.6 Å². The van der Waals surface area contributed by atoms with Crippen molar-refractivity contribution >= 4 is 5.91 Å². The van der Waals surface area contributed by atoms with Crippen molar-refractivity contribution in [3.8, 4) is 0 Å². The van der Waals surface area contributed by atoms with Gasteiger partial charge in [-0.25, -0.2) is 0 Å². The van der Waals surface area contributed by atoms with Crippen LogP contribution < -0.4 is 5.32 Å². The van der Waals surface area contributed by atoms with Crippen LogP contribution in [0.1, 0.15) is 399 Å². The van der Waals surface area contributed by atoms with Gasteiger partial charge in [0, 0.05) is 6.42 Å². The molecule has 0 saturated carbocycles. The third kappa shape index (κ3) is 57.3. The first kappa shape index (κ1) is 85.2. The third-order valence-corrected chi connectivity index (χ3v) is 18.9. The zero-order chi connectivity index (χ0) is 64.2. The Morgan fingerprint density at radius 3 is 1.03 bits per heavy atom. The predicted molar refractivity (Wildman–Crippen MR) is 383 cm³/mol. The van der Waals surface area contributed by atoms with E-state index in [-0.39, 0.29) is 12.5 Å². The van der Waals surface area contributed by atoms with Crippen LogP contribution in [-0.2, 0) is 14.3 Å². The molecule has 7 unspecified atom stereocenters. The Kier molecular flexibility index (Phi) is 66.0. The molecular formula is C80H151NO8. The third-order valence-electron chi connectivity index (χ3n) is 18.9. The highest BCUT2D eigenvalue weighted by atomic mass is 16.7. The normalized spacial score (nSPS) is 18.0. The average Bonchev–Trinajstić information content (AvgIpc) is 2.59. The number of carbonyl (C=O) groups is 1. The zero-order valence-electron chi connectivity index (χ0n) is 59.0. The number of hydrogen-bond acceptors (Lipinski definition) is 8. The first-order valence-electron chi connectivity index (χ1n) is 39.3. The molecule has 1 fully saturated rings. The van der Waals surface area contributed by atoms with E-state index in [1.165, 1.54) is 308 Å². The van der Waals surface area contributed by atoms with Crippen molar-refractivity contribution < 1.29 is 39.8 Å². The highest BCUT2D eigenvalue weighted by Crippen LogP contribution is 2.24. The van der Waals surface area contributed by atoms with Crippen molar-refractivity contribution in [2.24, 2.45) is 0 Å². The van der Waals surface area contributed by atoms with Crippen LogP contribution in [0.25, 0.3) is 0 Å². The monoisotopic (exact) mass is 1250 g/mol. The van der Waals surface area contributed by atoms with Gasteiger partial charge >= 0.3 is 0 Å². The Morgan fingerprint density at radius 2 is 0.697 bits per heavy atom. The molecule has 524 valence electrons. The number of rotatable bonds is 70. The molecule has 0 aliphatic carbocycles. The van der Waals surface area contributed by atoms with Gasteiger partial charge in [0.25, 0.3) is 0 Å². The number of allylic oxidation sites excluding steroid dienone is 8. The highest BCUT2D eigenvalue weighted by molar-refractivity contribution is 5.76. The fraction of sp³-hybridized carbons (Fsp3) is 0.887. The van der Waals surface area contributed by atoms with E-state index >= 15 is 0 Å². The number of amides is 1. The summed E-state index contributed by atoms with van der Waals surface area (Å²) >= 11 is 0. The lowest BCUT2D eigenvalue weighted by molar-refractivity contribution is -0.302. The highest BCUT2D eigenvalue weighted by Gasteiger charge is 2.44. The number of unbranched alkanes of at least 4 members (excludes halogenated alkanes) is 52. The van der Waals surface area contributed by atoms with Gasteiger partial charge in [0.05, 0.1) is 25.4 Å². The Hall–Kier alpha value is -1.85. The molecule has 0 bridgehead atoms. The molecule has 0 aromatic carbocycles. The molecule has 89 heavy (non-hydrogen) atoms. The molecule has 0 aromatic rings. The van der Waals surface area contributed by atoms with Crippen molar-refractivity contribution in [2.75, 3.05) is 13.2 Å². The standard InChI is InChI=1S/C80H151NO8/c1-3-5-7-9-11-13-15-17-19-21-23-25-27-29-30-31-32-33-34-35-36-37-38-39-40-41-42-43-44-46-48-50-52-54-56-58-60-62-64-66-68-70-76(84)81-73(72-88-80-79(87)78(86)77(85)75(71-82)89-80)74(83)69-67-65-63-61-59-57-55-53-51-49-47-45-28-26-24-22-20-18-16-14-12-10-8-6-4-2/h5,7,11,13,17,19,23,25,73-75,77-80,82-83,85-87H,3-4,6,8-10,12,14-16,18,20-22,24,26-72H2,1-2H3,(H,81,84)/b7-5-,13-11-,19-17-,25-23-. The van der Waals surface area contributed by atoms with Crippen LogP contribution in [0.5, 0.6) is 0 Å². The smallest absolute Gasteiger partial charge is 0.220 e. The van der Waals surface area contributed by atoms with Gasteiger partial charge in [-0.15, -0.1) is 0 Å².